The van der Waals surface area contributed by atoms with E-state index >= 15 is 0 Å². The van der Waals surface area contributed by atoms with Gasteiger partial charge in [0, 0.05) is 18.3 Å². The van der Waals surface area contributed by atoms with Crippen molar-refractivity contribution in [2.45, 2.75) is 13.5 Å². The average Bonchev–Trinajstić information content (AvgIpc) is 2.86. The van der Waals surface area contributed by atoms with Gasteiger partial charge in [-0.3, -0.25) is 9.48 Å². The van der Waals surface area contributed by atoms with Crippen molar-refractivity contribution in [1.29, 1.82) is 0 Å². The van der Waals surface area contributed by atoms with Crippen molar-refractivity contribution in [1.82, 2.24) is 9.78 Å². The molecule has 0 saturated heterocycles. The van der Waals surface area contributed by atoms with E-state index in [2.05, 4.69) is 5.10 Å². The maximum atomic E-state index is 13.8. The number of ether oxygens (including phenoxy) is 1. The van der Waals surface area contributed by atoms with E-state index < -0.39 is 5.82 Å². The largest absolute Gasteiger partial charge is 0.493 e. The first-order valence-corrected chi connectivity index (χ1v) is 5.56. The summed E-state index contributed by atoms with van der Waals surface area (Å²) < 4.78 is 20.3. The van der Waals surface area contributed by atoms with Gasteiger partial charge >= 0.3 is 0 Å². The summed E-state index contributed by atoms with van der Waals surface area (Å²) in [4.78, 5) is 10.9. The van der Waals surface area contributed by atoms with E-state index in [0.717, 1.165) is 6.54 Å². The Hall–Kier alpha value is -2.17. The number of nitrogens with zero attached hydrogens (tertiary/aromatic N) is 2. The topological polar surface area (TPSA) is 44.1 Å². The fourth-order valence-corrected chi connectivity index (χ4v) is 1.76. The zero-order valence-electron chi connectivity index (χ0n) is 10.2. The van der Waals surface area contributed by atoms with Crippen LogP contribution < -0.4 is 4.74 Å². The van der Waals surface area contributed by atoms with Crippen molar-refractivity contribution in [3.63, 3.8) is 0 Å². The number of halogens is 1. The Morgan fingerprint density at radius 3 is 2.83 bits per heavy atom. The molecule has 0 bridgehead atoms. The molecule has 0 fully saturated rings. The summed E-state index contributed by atoms with van der Waals surface area (Å²) in [5.41, 5.74) is 1.36. The first kappa shape index (κ1) is 12.3. The predicted molar refractivity (Wildman–Crippen MR) is 65.2 cm³/mol. The fourth-order valence-electron chi connectivity index (χ4n) is 1.76. The molecule has 1 aromatic carbocycles. The monoisotopic (exact) mass is 248 g/mol. The highest BCUT2D eigenvalue weighted by Gasteiger charge is 2.13. The van der Waals surface area contributed by atoms with Crippen LogP contribution in [0.25, 0.3) is 11.3 Å². The highest BCUT2D eigenvalue weighted by molar-refractivity contribution is 5.82. The standard InChI is InChI=1S/C13H13FN2O2/c1-3-16-5-4-12(15-16)9-6-10(8-17)13(18-2)11(14)7-9/h4-8H,3H2,1-2H3. The Morgan fingerprint density at radius 1 is 1.50 bits per heavy atom. The molecule has 0 atom stereocenters. The van der Waals surface area contributed by atoms with Gasteiger partial charge < -0.3 is 4.74 Å². The highest BCUT2D eigenvalue weighted by Crippen LogP contribution is 2.28. The second kappa shape index (κ2) is 5.00. The van der Waals surface area contributed by atoms with Crippen LogP contribution in [-0.2, 0) is 6.54 Å². The molecule has 0 aliphatic rings. The Kier molecular flexibility index (Phi) is 3.41. The predicted octanol–water partition coefficient (Wildman–Crippen LogP) is 2.53. The fraction of sp³-hybridized carbons (Fsp3) is 0.231. The summed E-state index contributed by atoms with van der Waals surface area (Å²) in [7, 11) is 1.33. The summed E-state index contributed by atoms with van der Waals surface area (Å²) in [6, 6.07) is 4.66. The molecule has 2 aromatic rings. The average molecular weight is 248 g/mol. The molecule has 2 rings (SSSR count). The van der Waals surface area contributed by atoms with Crippen LogP contribution in [0.4, 0.5) is 4.39 Å². The Morgan fingerprint density at radius 2 is 2.28 bits per heavy atom. The van der Waals surface area contributed by atoms with Crippen molar-refractivity contribution < 1.29 is 13.9 Å². The molecule has 0 aliphatic heterocycles. The molecule has 4 nitrogen and oxygen atoms in total. The quantitative estimate of drug-likeness (QED) is 0.781. The van der Waals surface area contributed by atoms with Gasteiger partial charge in [-0.2, -0.15) is 5.10 Å². The van der Waals surface area contributed by atoms with Crippen LogP contribution >= 0.6 is 0 Å². The van der Waals surface area contributed by atoms with Gasteiger partial charge in [0.1, 0.15) is 0 Å². The molecule has 0 saturated carbocycles. The van der Waals surface area contributed by atoms with Gasteiger partial charge in [0.15, 0.2) is 17.9 Å². The molecule has 0 spiro atoms. The van der Waals surface area contributed by atoms with E-state index in [-0.39, 0.29) is 11.3 Å². The highest BCUT2D eigenvalue weighted by atomic mass is 19.1. The smallest absolute Gasteiger partial charge is 0.166 e. The van der Waals surface area contributed by atoms with Crippen LogP contribution in [0.15, 0.2) is 24.4 Å². The maximum Gasteiger partial charge on any atom is 0.166 e. The minimum Gasteiger partial charge on any atom is -0.493 e. The zero-order chi connectivity index (χ0) is 13.1. The molecule has 5 heteroatoms. The molecule has 1 heterocycles. The normalized spacial score (nSPS) is 10.4. The molecule has 18 heavy (non-hydrogen) atoms. The Bertz CT molecular complexity index is 578. The third kappa shape index (κ3) is 2.11. The minimum atomic E-state index is -0.567. The number of aromatic nitrogens is 2. The first-order valence-electron chi connectivity index (χ1n) is 5.56. The van der Waals surface area contributed by atoms with Gasteiger partial charge in [0.05, 0.1) is 18.4 Å². The second-order valence-electron chi connectivity index (χ2n) is 3.76. The van der Waals surface area contributed by atoms with Crippen molar-refractivity contribution in [2.24, 2.45) is 0 Å². The molecular formula is C13H13FN2O2. The van der Waals surface area contributed by atoms with Crippen LogP contribution in [-0.4, -0.2) is 23.2 Å². The lowest BCUT2D eigenvalue weighted by Gasteiger charge is -2.06. The van der Waals surface area contributed by atoms with E-state index in [9.17, 15) is 9.18 Å². The Labute approximate surface area is 104 Å². The second-order valence-corrected chi connectivity index (χ2v) is 3.76. The molecule has 1 aromatic heterocycles. The van der Waals surface area contributed by atoms with Crippen LogP contribution in [0.5, 0.6) is 5.75 Å². The number of hydrogen-bond acceptors (Lipinski definition) is 3. The van der Waals surface area contributed by atoms with E-state index in [4.69, 9.17) is 4.74 Å². The number of carbonyl (C=O) groups is 1. The lowest BCUT2D eigenvalue weighted by Crippen LogP contribution is -1.97. The number of aldehydes is 1. The summed E-state index contributed by atoms with van der Waals surface area (Å²) >= 11 is 0. The third-order valence-electron chi connectivity index (χ3n) is 2.66. The van der Waals surface area contributed by atoms with Gasteiger partial charge in [-0.05, 0) is 25.1 Å². The molecule has 94 valence electrons. The van der Waals surface area contributed by atoms with Gasteiger partial charge in [-0.1, -0.05) is 0 Å². The van der Waals surface area contributed by atoms with Crippen molar-refractivity contribution >= 4 is 6.29 Å². The SMILES string of the molecule is CCn1ccc(-c2cc(F)c(OC)c(C=O)c2)n1. The molecule has 0 amide bonds. The van der Waals surface area contributed by atoms with Gasteiger partial charge in [0.2, 0.25) is 0 Å². The number of methoxy groups -OCH3 is 1. The van der Waals surface area contributed by atoms with Gasteiger partial charge in [0.25, 0.3) is 0 Å². The third-order valence-corrected chi connectivity index (χ3v) is 2.66. The lowest BCUT2D eigenvalue weighted by molar-refractivity contribution is 0.112. The zero-order valence-corrected chi connectivity index (χ0v) is 10.2. The molecule has 0 radical (unpaired) electrons. The first-order chi connectivity index (χ1) is 8.69. The molecular weight excluding hydrogens is 235 g/mol. The van der Waals surface area contributed by atoms with E-state index in [1.807, 2.05) is 6.92 Å². The summed E-state index contributed by atoms with van der Waals surface area (Å²) in [6.07, 6.45) is 2.38. The van der Waals surface area contributed by atoms with E-state index in [1.165, 1.54) is 13.2 Å². The van der Waals surface area contributed by atoms with Gasteiger partial charge in [-0.15, -0.1) is 0 Å². The number of rotatable bonds is 4. The number of hydrogen-bond donors (Lipinski definition) is 0. The number of aryl methyl sites for hydroxylation is 1. The van der Waals surface area contributed by atoms with Crippen LogP contribution in [0.1, 0.15) is 17.3 Å². The minimum absolute atomic E-state index is 0.0383. The summed E-state index contributed by atoms with van der Waals surface area (Å²) in [6.45, 7) is 2.70. The Balaban J connectivity index is 2.52. The maximum absolute atomic E-state index is 13.8. The van der Waals surface area contributed by atoms with Crippen LogP contribution in [0, 0.1) is 5.82 Å². The van der Waals surface area contributed by atoms with Crippen LogP contribution in [0.2, 0.25) is 0 Å². The molecule has 0 aliphatic carbocycles. The summed E-state index contributed by atoms with van der Waals surface area (Å²) in [5, 5.41) is 4.26. The van der Waals surface area contributed by atoms with Crippen LogP contribution in [0.3, 0.4) is 0 Å². The van der Waals surface area contributed by atoms with Gasteiger partial charge in [-0.25, -0.2) is 4.39 Å². The molecule has 0 N–H and O–H groups in total. The van der Waals surface area contributed by atoms with Crippen molar-refractivity contribution in [3.8, 4) is 17.0 Å². The number of carbonyl (C=O) groups excluding carboxylic acids is 1. The van der Waals surface area contributed by atoms with Crippen molar-refractivity contribution in [3.05, 3.63) is 35.8 Å². The van der Waals surface area contributed by atoms with Crippen molar-refractivity contribution in [2.75, 3.05) is 7.11 Å². The van der Waals surface area contributed by atoms with E-state index in [0.29, 0.717) is 17.5 Å². The number of benzene rings is 1. The molecule has 0 unspecified atom stereocenters. The van der Waals surface area contributed by atoms with E-state index in [1.54, 1.807) is 23.0 Å². The summed E-state index contributed by atoms with van der Waals surface area (Å²) in [5.74, 6) is -0.605. The lowest BCUT2D eigenvalue weighted by atomic mass is 10.1.